The van der Waals surface area contributed by atoms with Crippen LogP contribution in [-0.4, -0.2) is 41.6 Å². The standard InChI is InChI=1S/C16H20N2O4/c1-11-9-13(12(2)18(11)7-8-21-3)15(19)10-22-16(20)14-5-4-6-17-14/h4-6,9,17H,7-8,10H2,1-3H3. The lowest BCUT2D eigenvalue weighted by molar-refractivity contribution is 0.0469. The number of hydrogen-bond acceptors (Lipinski definition) is 4. The Bertz CT molecular complexity index is 656. The summed E-state index contributed by atoms with van der Waals surface area (Å²) in [6.07, 6.45) is 1.63. The van der Waals surface area contributed by atoms with Gasteiger partial charge >= 0.3 is 5.97 Å². The van der Waals surface area contributed by atoms with Crippen molar-refractivity contribution < 1.29 is 19.1 Å². The molecule has 6 heteroatoms. The van der Waals surface area contributed by atoms with Crippen LogP contribution in [0.3, 0.4) is 0 Å². The average Bonchev–Trinajstić information content (AvgIpc) is 3.12. The van der Waals surface area contributed by atoms with E-state index in [9.17, 15) is 9.59 Å². The molecule has 0 saturated heterocycles. The van der Waals surface area contributed by atoms with E-state index in [0.29, 0.717) is 24.4 Å². The number of aromatic amines is 1. The van der Waals surface area contributed by atoms with E-state index in [1.165, 1.54) is 0 Å². The Kier molecular flexibility index (Phi) is 5.16. The van der Waals surface area contributed by atoms with Gasteiger partial charge in [0.05, 0.1) is 6.61 Å². The molecule has 0 aliphatic carbocycles. The highest BCUT2D eigenvalue weighted by Gasteiger charge is 2.17. The Morgan fingerprint density at radius 1 is 1.32 bits per heavy atom. The summed E-state index contributed by atoms with van der Waals surface area (Å²) >= 11 is 0. The minimum atomic E-state index is -0.536. The molecule has 0 aliphatic heterocycles. The van der Waals surface area contributed by atoms with Crippen molar-refractivity contribution in [3.8, 4) is 0 Å². The Morgan fingerprint density at radius 3 is 2.73 bits per heavy atom. The minimum Gasteiger partial charge on any atom is -0.453 e. The van der Waals surface area contributed by atoms with Gasteiger partial charge in [0, 0.05) is 36.8 Å². The van der Waals surface area contributed by atoms with E-state index in [1.54, 1.807) is 25.4 Å². The molecule has 0 bridgehead atoms. The van der Waals surface area contributed by atoms with Crippen LogP contribution in [-0.2, 0) is 16.0 Å². The molecule has 22 heavy (non-hydrogen) atoms. The first-order chi connectivity index (χ1) is 10.5. The third-order valence-electron chi connectivity index (χ3n) is 3.55. The molecule has 0 fully saturated rings. The van der Waals surface area contributed by atoms with E-state index >= 15 is 0 Å². The first kappa shape index (κ1) is 16.0. The number of nitrogens with one attached hydrogen (secondary N) is 1. The molecule has 118 valence electrons. The zero-order valence-electron chi connectivity index (χ0n) is 13.0. The fourth-order valence-electron chi connectivity index (χ4n) is 2.35. The van der Waals surface area contributed by atoms with E-state index in [0.717, 1.165) is 11.4 Å². The Morgan fingerprint density at radius 2 is 2.09 bits per heavy atom. The number of nitrogens with zero attached hydrogens (tertiary/aromatic N) is 1. The van der Waals surface area contributed by atoms with Gasteiger partial charge in [-0.15, -0.1) is 0 Å². The van der Waals surface area contributed by atoms with Crippen LogP contribution >= 0.6 is 0 Å². The second-order valence-electron chi connectivity index (χ2n) is 5.01. The second-order valence-corrected chi connectivity index (χ2v) is 5.01. The SMILES string of the molecule is COCCn1c(C)cc(C(=O)COC(=O)c2ccc[nH]2)c1C. The predicted octanol–water partition coefficient (Wildman–Crippen LogP) is 2.12. The summed E-state index contributed by atoms with van der Waals surface area (Å²) in [6, 6.07) is 5.11. The molecule has 0 saturated carbocycles. The number of aryl methyl sites for hydroxylation is 1. The molecule has 2 heterocycles. The Hall–Kier alpha value is -2.34. The summed E-state index contributed by atoms with van der Waals surface area (Å²) < 4.78 is 12.1. The molecule has 6 nitrogen and oxygen atoms in total. The zero-order chi connectivity index (χ0) is 16.1. The lowest BCUT2D eigenvalue weighted by atomic mass is 10.1. The monoisotopic (exact) mass is 304 g/mol. The van der Waals surface area contributed by atoms with Gasteiger partial charge in [-0.2, -0.15) is 0 Å². The van der Waals surface area contributed by atoms with Gasteiger partial charge in [0.1, 0.15) is 5.69 Å². The highest BCUT2D eigenvalue weighted by Crippen LogP contribution is 2.16. The number of ketones is 1. The fraction of sp³-hybridized carbons (Fsp3) is 0.375. The molecule has 0 atom stereocenters. The van der Waals surface area contributed by atoms with Crippen molar-refractivity contribution in [1.29, 1.82) is 0 Å². The number of H-pyrrole nitrogens is 1. The summed E-state index contributed by atoms with van der Waals surface area (Å²) in [5.41, 5.74) is 2.75. The molecule has 0 aromatic carbocycles. The van der Waals surface area contributed by atoms with Crippen molar-refractivity contribution in [1.82, 2.24) is 9.55 Å². The number of rotatable bonds is 7. The van der Waals surface area contributed by atoms with Gasteiger partial charge in [-0.05, 0) is 32.0 Å². The quantitative estimate of drug-likeness (QED) is 0.628. The highest BCUT2D eigenvalue weighted by atomic mass is 16.5. The van der Waals surface area contributed by atoms with Crippen molar-refractivity contribution in [2.45, 2.75) is 20.4 Å². The van der Waals surface area contributed by atoms with Crippen LogP contribution in [0.15, 0.2) is 24.4 Å². The highest BCUT2D eigenvalue weighted by molar-refractivity contribution is 6.00. The fourth-order valence-corrected chi connectivity index (χ4v) is 2.35. The van der Waals surface area contributed by atoms with Gasteiger partial charge in [-0.1, -0.05) is 0 Å². The first-order valence-electron chi connectivity index (χ1n) is 7.04. The van der Waals surface area contributed by atoms with Gasteiger partial charge in [0.25, 0.3) is 0 Å². The molecule has 2 aromatic heterocycles. The number of esters is 1. The van der Waals surface area contributed by atoms with Crippen molar-refractivity contribution in [3.05, 3.63) is 47.0 Å². The van der Waals surface area contributed by atoms with E-state index in [1.807, 2.05) is 24.5 Å². The predicted molar refractivity (Wildman–Crippen MR) is 81.2 cm³/mol. The maximum atomic E-state index is 12.2. The molecule has 2 aromatic rings. The van der Waals surface area contributed by atoms with E-state index in [2.05, 4.69) is 4.98 Å². The smallest absolute Gasteiger partial charge is 0.355 e. The van der Waals surface area contributed by atoms with Crippen molar-refractivity contribution in [2.75, 3.05) is 20.3 Å². The summed E-state index contributed by atoms with van der Waals surface area (Å²) in [6.45, 7) is 4.80. The Labute approximate surface area is 129 Å². The van der Waals surface area contributed by atoms with Crippen LogP contribution in [0, 0.1) is 13.8 Å². The second kappa shape index (κ2) is 7.09. The molecule has 0 aliphatic rings. The number of hydrogen-bond donors (Lipinski definition) is 1. The number of carbonyl (C=O) groups excluding carboxylic acids is 2. The van der Waals surface area contributed by atoms with E-state index in [-0.39, 0.29) is 12.4 Å². The number of Topliss-reactive ketones (excluding diaryl/α,β-unsaturated/α-hetero) is 1. The third kappa shape index (κ3) is 3.46. The lowest BCUT2D eigenvalue weighted by Crippen LogP contribution is -2.15. The van der Waals surface area contributed by atoms with Gasteiger partial charge < -0.3 is 19.0 Å². The van der Waals surface area contributed by atoms with Crippen LogP contribution in [0.1, 0.15) is 32.2 Å². The number of aromatic nitrogens is 2. The van der Waals surface area contributed by atoms with Crippen LogP contribution in [0.4, 0.5) is 0 Å². The third-order valence-corrected chi connectivity index (χ3v) is 3.55. The number of methoxy groups -OCH3 is 1. The molecule has 1 N–H and O–H groups in total. The van der Waals surface area contributed by atoms with E-state index in [4.69, 9.17) is 9.47 Å². The van der Waals surface area contributed by atoms with Crippen LogP contribution in [0.25, 0.3) is 0 Å². The first-order valence-corrected chi connectivity index (χ1v) is 7.04. The van der Waals surface area contributed by atoms with Crippen molar-refractivity contribution >= 4 is 11.8 Å². The molecular weight excluding hydrogens is 284 g/mol. The van der Waals surface area contributed by atoms with Gasteiger partial charge in [0.15, 0.2) is 6.61 Å². The maximum Gasteiger partial charge on any atom is 0.355 e. The lowest BCUT2D eigenvalue weighted by Gasteiger charge is -2.08. The number of ether oxygens (including phenoxy) is 2. The summed E-state index contributed by atoms with van der Waals surface area (Å²) in [4.78, 5) is 26.7. The largest absolute Gasteiger partial charge is 0.453 e. The van der Waals surface area contributed by atoms with E-state index < -0.39 is 5.97 Å². The van der Waals surface area contributed by atoms with Gasteiger partial charge in [0.2, 0.25) is 5.78 Å². The van der Waals surface area contributed by atoms with Crippen molar-refractivity contribution in [3.63, 3.8) is 0 Å². The van der Waals surface area contributed by atoms with Crippen LogP contribution in [0.5, 0.6) is 0 Å². The van der Waals surface area contributed by atoms with Crippen LogP contribution < -0.4 is 0 Å². The molecule has 0 unspecified atom stereocenters. The summed E-state index contributed by atoms with van der Waals surface area (Å²) in [5, 5.41) is 0. The minimum absolute atomic E-state index is 0.211. The summed E-state index contributed by atoms with van der Waals surface area (Å²) in [5.74, 6) is -0.747. The molecule has 0 amide bonds. The molecule has 2 rings (SSSR count). The topological polar surface area (TPSA) is 73.3 Å². The summed E-state index contributed by atoms with van der Waals surface area (Å²) in [7, 11) is 1.64. The normalized spacial score (nSPS) is 10.7. The van der Waals surface area contributed by atoms with Gasteiger partial charge in [-0.25, -0.2) is 4.79 Å². The average molecular weight is 304 g/mol. The van der Waals surface area contributed by atoms with Gasteiger partial charge in [-0.3, -0.25) is 4.79 Å². The zero-order valence-corrected chi connectivity index (χ0v) is 13.0. The molecular formula is C16H20N2O4. The Balaban J connectivity index is 2.02. The molecule has 0 radical (unpaired) electrons. The van der Waals surface area contributed by atoms with Crippen molar-refractivity contribution in [2.24, 2.45) is 0 Å². The van der Waals surface area contributed by atoms with Crippen LogP contribution in [0.2, 0.25) is 0 Å². The molecule has 0 spiro atoms. The maximum absolute atomic E-state index is 12.2. The number of carbonyl (C=O) groups is 2.